The SMILES string of the molecule is N#CC(OC(=S)S)c1ccccc1. The van der Waals surface area contributed by atoms with Gasteiger partial charge in [0.2, 0.25) is 10.5 Å². The Morgan fingerprint density at radius 3 is 2.54 bits per heavy atom. The molecule has 1 aromatic rings. The lowest BCUT2D eigenvalue weighted by atomic mass is 10.1. The first-order valence-corrected chi connectivity index (χ1v) is 4.43. The highest BCUT2D eigenvalue weighted by atomic mass is 32.1. The van der Waals surface area contributed by atoms with Gasteiger partial charge in [0.15, 0.2) is 0 Å². The lowest BCUT2D eigenvalue weighted by Gasteiger charge is -2.09. The third kappa shape index (κ3) is 3.05. The fourth-order valence-corrected chi connectivity index (χ4v) is 1.10. The van der Waals surface area contributed by atoms with Crippen molar-refractivity contribution in [1.29, 1.82) is 5.26 Å². The Morgan fingerprint density at radius 1 is 1.46 bits per heavy atom. The molecular weight excluding hydrogens is 202 g/mol. The van der Waals surface area contributed by atoms with Gasteiger partial charge in [0.05, 0.1) is 0 Å². The second kappa shape index (κ2) is 4.85. The molecule has 0 aliphatic heterocycles. The van der Waals surface area contributed by atoms with E-state index in [4.69, 9.17) is 10.00 Å². The van der Waals surface area contributed by atoms with Gasteiger partial charge in [0, 0.05) is 5.56 Å². The first-order valence-electron chi connectivity index (χ1n) is 3.58. The first kappa shape index (κ1) is 10.0. The normalized spacial score (nSPS) is 11.4. The van der Waals surface area contributed by atoms with Crippen LogP contribution in [0.5, 0.6) is 0 Å². The molecule has 2 nitrogen and oxygen atoms in total. The Balaban J connectivity index is 2.80. The fraction of sp³-hybridized carbons (Fsp3) is 0.111. The molecule has 0 aliphatic carbocycles. The molecule has 66 valence electrons. The molecule has 0 N–H and O–H groups in total. The summed E-state index contributed by atoms with van der Waals surface area (Å²) in [6, 6.07) is 11.1. The standard InChI is InChI=1S/C9H7NOS2/c10-6-8(11-9(12)13)7-4-2-1-3-5-7/h1-5,8H,(H,12,13). The Bertz CT molecular complexity index is 331. The van der Waals surface area contributed by atoms with Crippen molar-refractivity contribution in [3.63, 3.8) is 0 Å². The first-order chi connectivity index (χ1) is 6.24. The molecule has 1 atom stereocenters. The predicted molar refractivity (Wildman–Crippen MR) is 57.5 cm³/mol. The number of rotatable bonds is 2. The van der Waals surface area contributed by atoms with Gasteiger partial charge in [-0.1, -0.05) is 43.0 Å². The highest BCUT2D eigenvalue weighted by Crippen LogP contribution is 2.16. The Kier molecular flexibility index (Phi) is 3.74. The number of nitrogens with zero attached hydrogens (tertiary/aromatic N) is 1. The van der Waals surface area contributed by atoms with Crippen molar-refractivity contribution < 1.29 is 4.74 Å². The molecular formula is C9H7NOS2. The lowest BCUT2D eigenvalue weighted by Crippen LogP contribution is -2.02. The van der Waals surface area contributed by atoms with E-state index in [1.165, 1.54) is 0 Å². The lowest BCUT2D eigenvalue weighted by molar-refractivity contribution is 0.264. The van der Waals surface area contributed by atoms with Crippen LogP contribution in [0.2, 0.25) is 0 Å². The van der Waals surface area contributed by atoms with Gasteiger partial charge in [0.25, 0.3) is 0 Å². The number of benzene rings is 1. The van der Waals surface area contributed by atoms with Crippen molar-refractivity contribution >= 4 is 29.2 Å². The zero-order valence-electron chi connectivity index (χ0n) is 6.68. The number of thiocarbonyl (C=S) groups is 1. The maximum atomic E-state index is 8.76. The number of thiol groups is 1. The van der Waals surface area contributed by atoms with Crippen molar-refractivity contribution in [3.8, 4) is 6.07 Å². The van der Waals surface area contributed by atoms with Crippen LogP contribution < -0.4 is 0 Å². The van der Waals surface area contributed by atoms with E-state index in [9.17, 15) is 0 Å². The zero-order valence-corrected chi connectivity index (χ0v) is 8.39. The molecule has 1 rings (SSSR count). The summed E-state index contributed by atoms with van der Waals surface area (Å²) in [4.78, 5) is 0. The second-order valence-electron chi connectivity index (χ2n) is 2.30. The Hall–Kier alpha value is -1.05. The average Bonchev–Trinajstić information content (AvgIpc) is 2.15. The van der Waals surface area contributed by atoms with Crippen LogP contribution in [0.4, 0.5) is 0 Å². The molecule has 0 aromatic heterocycles. The summed E-state index contributed by atoms with van der Waals surface area (Å²) in [6.45, 7) is 0. The third-order valence-corrected chi connectivity index (χ3v) is 1.64. The maximum Gasteiger partial charge on any atom is 0.218 e. The van der Waals surface area contributed by atoms with Crippen molar-refractivity contribution in [2.75, 3.05) is 0 Å². The molecule has 0 fully saturated rings. The smallest absolute Gasteiger partial charge is 0.218 e. The van der Waals surface area contributed by atoms with E-state index in [0.717, 1.165) is 5.56 Å². The van der Waals surface area contributed by atoms with Crippen molar-refractivity contribution in [3.05, 3.63) is 35.9 Å². The van der Waals surface area contributed by atoms with Crippen LogP contribution in [0.1, 0.15) is 11.7 Å². The van der Waals surface area contributed by atoms with Crippen molar-refractivity contribution in [1.82, 2.24) is 0 Å². The van der Waals surface area contributed by atoms with Crippen LogP contribution in [0.15, 0.2) is 30.3 Å². The van der Waals surface area contributed by atoms with E-state index in [2.05, 4.69) is 24.8 Å². The van der Waals surface area contributed by atoms with Crippen LogP contribution in [0.3, 0.4) is 0 Å². The zero-order chi connectivity index (χ0) is 9.68. The van der Waals surface area contributed by atoms with Gasteiger partial charge in [-0.25, -0.2) is 0 Å². The van der Waals surface area contributed by atoms with Crippen molar-refractivity contribution in [2.24, 2.45) is 0 Å². The van der Waals surface area contributed by atoms with Gasteiger partial charge in [-0.3, -0.25) is 0 Å². The largest absolute Gasteiger partial charge is 0.455 e. The second-order valence-corrected chi connectivity index (χ2v) is 3.38. The Labute approximate surface area is 87.5 Å². The molecule has 1 unspecified atom stereocenters. The molecule has 0 amide bonds. The number of nitriles is 1. The van der Waals surface area contributed by atoms with E-state index < -0.39 is 6.10 Å². The summed E-state index contributed by atoms with van der Waals surface area (Å²) in [6.07, 6.45) is -0.661. The van der Waals surface area contributed by atoms with Crippen molar-refractivity contribution in [2.45, 2.75) is 6.10 Å². The summed E-state index contributed by atoms with van der Waals surface area (Å²) in [5.41, 5.74) is 0.779. The molecule has 0 saturated carbocycles. The quantitative estimate of drug-likeness (QED) is 0.600. The van der Waals surface area contributed by atoms with Crippen LogP contribution in [-0.4, -0.2) is 4.38 Å². The molecule has 4 heteroatoms. The monoisotopic (exact) mass is 209 g/mol. The summed E-state index contributed by atoms with van der Waals surface area (Å²) in [5, 5.41) is 8.76. The molecule has 0 saturated heterocycles. The number of ether oxygens (including phenoxy) is 1. The fourth-order valence-electron chi connectivity index (χ4n) is 0.898. The molecule has 13 heavy (non-hydrogen) atoms. The highest BCUT2D eigenvalue weighted by Gasteiger charge is 2.10. The highest BCUT2D eigenvalue weighted by molar-refractivity contribution is 8.10. The van der Waals surface area contributed by atoms with Gasteiger partial charge in [-0.2, -0.15) is 5.26 Å². The van der Waals surface area contributed by atoms with Gasteiger partial charge < -0.3 is 4.74 Å². The average molecular weight is 209 g/mol. The van der Waals surface area contributed by atoms with E-state index >= 15 is 0 Å². The minimum absolute atomic E-state index is 0.0791. The van der Waals surface area contributed by atoms with Gasteiger partial charge in [-0.15, -0.1) is 0 Å². The predicted octanol–water partition coefficient (Wildman–Crippen LogP) is 2.48. The van der Waals surface area contributed by atoms with Crippen LogP contribution in [0.25, 0.3) is 0 Å². The van der Waals surface area contributed by atoms with E-state index in [1.54, 1.807) is 12.1 Å². The molecule has 0 aliphatic rings. The molecule has 0 radical (unpaired) electrons. The third-order valence-electron chi connectivity index (χ3n) is 1.44. The minimum atomic E-state index is -0.661. The number of hydrogen-bond acceptors (Lipinski definition) is 3. The molecule has 0 bridgehead atoms. The van der Waals surface area contributed by atoms with Gasteiger partial charge in [-0.05, 0) is 12.2 Å². The Morgan fingerprint density at radius 2 is 2.08 bits per heavy atom. The van der Waals surface area contributed by atoms with Gasteiger partial charge >= 0.3 is 0 Å². The van der Waals surface area contributed by atoms with E-state index in [-0.39, 0.29) is 4.38 Å². The maximum absolute atomic E-state index is 8.76. The molecule has 1 aromatic carbocycles. The van der Waals surface area contributed by atoms with E-state index in [0.29, 0.717) is 0 Å². The van der Waals surface area contributed by atoms with Gasteiger partial charge in [0.1, 0.15) is 6.07 Å². The molecule has 0 spiro atoms. The van der Waals surface area contributed by atoms with E-state index in [1.807, 2.05) is 24.3 Å². The minimum Gasteiger partial charge on any atom is -0.455 e. The number of hydrogen-bond donors (Lipinski definition) is 1. The molecule has 0 heterocycles. The van der Waals surface area contributed by atoms with Crippen LogP contribution >= 0.6 is 24.8 Å². The summed E-state index contributed by atoms with van der Waals surface area (Å²) in [5.74, 6) is 0. The summed E-state index contributed by atoms with van der Waals surface area (Å²) >= 11 is 8.43. The summed E-state index contributed by atoms with van der Waals surface area (Å²) in [7, 11) is 0. The summed E-state index contributed by atoms with van der Waals surface area (Å²) < 4.78 is 5.10. The van der Waals surface area contributed by atoms with Crippen LogP contribution in [-0.2, 0) is 4.74 Å². The topological polar surface area (TPSA) is 33.0 Å². The van der Waals surface area contributed by atoms with Crippen LogP contribution in [0, 0.1) is 11.3 Å².